The molecule has 1 atom stereocenters. The summed E-state index contributed by atoms with van der Waals surface area (Å²) in [4.78, 5) is 13.0. The summed E-state index contributed by atoms with van der Waals surface area (Å²) in [6.07, 6.45) is 0. The second-order valence-electron chi connectivity index (χ2n) is 3.95. The molecule has 0 aliphatic carbocycles. The summed E-state index contributed by atoms with van der Waals surface area (Å²) in [5.41, 5.74) is 1.08. The zero-order valence-corrected chi connectivity index (χ0v) is 10.6. The van der Waals surface area contributed by atoms with Crippen LogP contribution in [-0.2, 0) is 4.79 Å². The molecule has 3 nitrogen and oxygen atoms in total. The molecule has 16 heavy (non-hydrogen) atoms. The Labute approximate surface area is 101 Å². The summed E-state index contributed by atoms with van der Waals surface area (Å²) in [5.74, 6) is 0.0638. The molecule has 1 N–H and O–H groups in total. The lowest BCUT2D eigenvalue weighted by Crippen LogP contribution is -2.34. The minimum Gasteiger partial charge on any atom is -0.348 e. The fraction of sp³-hybridized carbons (Fsp3) is 0.417. The summed E-state index contributed by atoms with van der Waals surface area (Å²) in [7, 11) is 3.49. The number of rotatable bonds is 4. The number of hydrogen-bond acceptors (Lipinski definition) is 2. The van der Waals surface area contributed by atoms with Crippen molar-refractivity contribution in [2.75, 3.05) is 20.6 Å². The Kier molecular flexibility index (Phi) is 4.77. The van der Waals surface area contributed by atoms with E-state index in [-0.39, 0.29) is 11.9 Å². The minimum absolute atomic E-state index is 0.0638. The summed E-state index contributed by atoms with van der Waals surface area (Å²) in [6, 6.07) is 7.75. The van der Waals surface area contributed by atoms with Gasteiger partial charge in [0, 0.05) is 25.2 Å². The number of benzene rings is 1. The first kappa shape index (κ1) is 13.0. The highest BCUT2D eigenvalue weighted by molar-refractivity contribution is 6.30. The number of likely N-dealkylation sites (N-methyl/N-ethyl adjacent to an activating group) is 1. The van der Waals surface area contributed by atoms with Crippen LogP contribution in [0.3, 0.4) is 0 Å². The molecular weight excluding hydrogens is 224 g/mol. The maximum atomic E-state index is 11.4. The van der Waals surface area contributed by atoms with E-state index in [9.17, 15) is 4.79 Å². The van der Waals surface area contributed by atoms with Crippen LogP contribution in [0.1, 0.15) is 18.5 Å². The first-order valence-electron chi connectivity index (χ1n) is 5.19. The number of halogens is 1. The molecule has 0 spiro atoms. The van der Waals surface area contributed by atoms with E-state index in [0.29, 0.717) is 11.6 Å². The molecule has 0 saturated carbocycles. The van der Waals surface area contributed by atoms with Crippen molar-refractivity contribution < 1.29 is 4.79 Å². The molecule has 1 rings (SSSR count). The Balaban J connectivity index is 2.53. The highest BCUT2D eigenvalue weighted by atomic mass is 35.5. The van der Waals surface area contributed by atoms with Crippen molar-refractivity contribution in [3.63, 3.8) is 0 Å². The Morgan fingerprint density at radius 3 is 2.75 bits per heavy atom. The molecule has 88 valence electrons. The number of carbonyl (C=O) groups excluding carboxylic acids is 1. The van der Waals surface area contributed by atoms with E-state index < -0.39 is 0 Å². The number of nitrogens with zero attached hydrogens (tertiary/aromatic N) is 1. The Hall–Kier alpha value is -1.06. The topological polar surface area (TPSA) is 32.3 Å². The zero-order valence-electron chi connectivity index (χ0n) is 9.83. The monoisotopic (exact) mass is 240 g/mol. The van der Waals surface area contributed by atoms with E-state index in [1.807, 2.05) is 31.2 Å². The largest absolute Gasteiger partial charge is 0.348 e. The maximum absolute atomic E-state index is 11.4. The van der Waals surface area contributed by atoms with Gasteiger partial charge in [0.2, 0.25) is 5.91 Å². The van der Waals surface area contributed by atoms with Gasteiger partial charge in [0.25, 0.3) is 0 Å². The molecule has 1 aromatic rings. The van der Waals surface area contributed by atoms with Crippen LogP contribution < -0.4 is 5.32 Å². The molecule has 1 unspecified atom stereocenters. The van der Waals surface area contributed by atoms with Crippen molar-refractivity contribution >= 4 is 17.5 Å². The Bertz CT molecular complexity index is 366. The molecule has 0 fully saturated rings. The van der Waals surface area contributed by atoms with Gasteiger partial charge in [0.1, 0.15) is 0 Å². The van der Waals surface area contributed by atoms with E-state index in [1.165, 1.54) is 0 Å². The van der Waals surface area contributed by atoms with E-state index >= 15 is 0 Å². The third-order valence-corrected chi connectivity index (χ3v) is 2.64. The molecule has 0 bridgehead atoms. The second-order valence-corrected chi connectivity index (χ2v) is 4.38. The molecule has 0 aliphatic heterocycles. The van der Waals surface area contributed by atoms with E-state index in [0.717, 1.165) is 5.56 Å². The summed E-state index contributed by atoms with van der Waals surface area (Å²) >= 11 is 5.90. The van der Waals surface area contributed by atoms with E-state index in [1.54, 1.807) is 19.0 Å². The van der Waals surface area contributed by atoms with Crippen LogP contribution in [0.25, 0.3) is 0 Å². The lowest BCUT2D eigenvalue weighted by Gasteiger charge is -2.16. The second kappa shape index (κ2) is 5.87. The average Bonchev–Trinajstić information content (AvgIpc) is 2.25. The van der Waals surface area contributed by atoms with Crippen LogP contribution in [-0.4, -0.2) is 31.4 Å². The van der Waals surface area contributed by atoms with Crippen LogP contribution in [0.15, 0.2) is 24.3 Å². The third-order valence-electron chi connectivity index (χ3n) is 2.41. The molecule has 1 amide bonds. The van der Waals surface area contributed by atoms with Crippen molar-refractivity contribution in [2.24, 2.45) is 0 Å². The Morgan fingerprint density at radius 2 is 2.19 bits per heavy atom. The van der Waals surface area contributed by atoms with Crippen LogP contribution >= 0.6 is 11.6 Å². The quantitative estimate of drug-likeness (QED) is 0.874. The standard InChI is InChI=1S/C12H17ClN2O/c1-9(14-8-12(16)15(2)3)10-5-4-6-11(13)7-10/h4-7,9,14H,8H2,1-3H3. The van der Waals surface area contributed by atoms with Gasteiger partial charge in [-0.2, -0.15) is 0 Å². The first-order chi connectivity index (χ1) is 7.50. The van der Waals surface area contributed by atoms with Crippen molar-refractivity contribution in [1.29, 1.82) is 0 Å². The van der Waals surface area contributed by atoms with Gasteiger partial charge in [-0.15, -0.1) is 0 Å². The fourth-order valence-corrected chi connectivity index (χ4v) is 1.49. The van der Waals surface area contributed by atoms with Gasteiger partial charge in [-0.1, -0.05) is 23.7 Å². The van der Waals surface area contributed by atoms with Gasteiger partial charge < -0.3 is 10.2 Å². The lowest BCUT2D eigenvalue weighted by molar-refractivity contribution is -0.127. The highest BCUT2D eigenvalue weighted by Crippen LogP contribution is 2.16. The maximum Gasteiger partial charge on any atom is 0.236 e. The van der Waals surface area contributed by atoms with Crippen LogP contribution in [0, 0.1) is 0 Å². The number of nitrogens with one attached hydrogen (secondary N) is 1. The molecule has 0 aliphatic rings. The normalized spacial score (nSPS) is 12.2. The number of hydrogen-bond donors (Lipinski definition) is 1. The molecular formula is C12H17ClN2O. The molecule has 0 saturated heterocycles. The van der Waals surface area contributed by atoms with E-state index in [2.05, 4.69) is 5.32 Å². The SMILES string of the molecule is CC(NCC(=O)N(C)C)c1cccc(Cl)c1. The molecule has 0 heterocycles. The average molecular weight is 241 g/mol. The summed E-state index contributed by atoms with van der Waals surface area (Å²) in [6.45, 7) is 2.34. The van der Waals surface area contributed by atoms with Crippen molar-refractivity contribution in [3.8, 4) is 0 Å². The van der Waals surface area contributed by atoms with Gasteiger partial charge in [-0.3, -0.25) is 4.79 Å². The van der Waals surface area contributed by atoms with Gasteiger partial charge >= 0.3 is 0 Å². The minimum atomic E-state index is 0.0638. The number of amides is 1. The van der Waals surface area contributed by atoms with Crippen LogP contribution in [0.5, 0.6) is 0 Å². The van der Waals surface area contributed by atoms with Gasteiger partial charge in [0.05, 0.1) is 6.54 Å². The highest BCUT2D eigenvalue weighted by Gasteiger charge is 2.08. The fourth-order valence-electron chi connectivity index (χ4n) is 1.29. The van der Waals surface area contributed by atoms with Crippen LogP contribution in [0.4, 0.5) is 0 Å². The predicted molar refractivity (Wildman–Crippen MR) is 66.6 cm³/mol. The smallest absolute Gasteiger partial charge is 0.236 e. The molecule has 0 radical (unpaired) electrons. The van der Waals surface area contributed by atoms with Gasteiger partial charge in [-0.05, 0) is 24.6 Å². The van der Waals surface area contributed by atoms with Crippen LogP contribution in [0.2, 0.25) is 5.02 Å². The van der Waals surface area contributed by atoms with Gasteiger partial charge in [0.15, 0.2) is 0 Å². The zero-order chi connectivity index (χ0) is 12.1. The first-order valence-corrected chi connectivity index (χ1v) is 5.57. The van der Waals surface area contributed by atoms with Crippen molar-refractivity contribution in [2.45, 2.75) is 13.0 Å². The van der Waals surface area contributed by atoms with Crippen molar-refractivity contribution in [1.82, 2.24) is 10.2 Å². The van der Waals surface area contributed by atoms with E-state index in [4.69, 9.17) is 11.6 Å². The molecule has 1 aromatic carbocycles. The number of carbonyl (C=O) groups is 1. The lowest BCUT2D eigenvalue weighted by atomic mass is 10.1. The third kappa shape index (κ3) is 3.83. The van der Waals surface area contributed by atoms with Gasteiger partial charge in [-0.25, -0.2) is 0 Å². The molecule has 4 heteroatoms. The predicted octanol–water partition coefficient (Wildman–Crippen LogP) is 2.08. The van der Waals surface area contributed by atoms with Crippen molar-refractivity contribution in [3.05, 3.63) is 34.9 Å². The molecule has 0 aromatic heterocycles. The summed E-state index contributed by atoms with van der Waals surface area (Å²) in [5, 5.41) is 3.87. The Morgan fingerprint density at radius 1 is 1.50 bits per heavy atom. The summed E-state index contributed by atoms with van der Waals surface area (Å²) < 4.78 is 0.